The fourth-order valence-corrected chi connectivity index (χ4v) is 3.52. The van der Waals surface area contributed by atoms with E-state index in [0.717, 1.165) is 25.4 Å². The van der Waals surface area contributed by atoms with Gasteiger partial charge in [-0.15, -0.1) is 0 Å². The fraction of sp³-hybridized carbons (Fsp3) is 1.00. The molecule has 2 saturated heterocycles. The Bertz CT molecular complexity index is 257. The van der Waals surface area contributed by atoms with Crippen LogP contribution in [0.2, 0.25) is 0 Å². The zero-order valence-corrected chi connectivity index (χ0v) is 11.0. The van der Waals surface area contributed by atoms with E-state index in [1.54, 1.807) is 0 Å². The zero-order chi connectivity index (χ0) is 11.8. The van der Waals surface area contributed by atoms with Gasteiger partial charge in [-0.3, -0.25) is 0 Å². The summed E-state index contributed by atoms with van der Waals surface area (Å²) in [6.07, 6.45) is 7.56. The van der Waals surface area contributed by atoms with Crippen LogP contribution in [0, 0.1) is 5.92 Å². The SMILES string of the molecule is CC1CC(NC2CCOC2C2CC2)CC(C)O1. The highest BCUT2D eigenvalue weighted by atomic mass is 16.5. The molecule has 1 aliphatic carbocycles. The van der Waals surface area contributed by atoms with Crippen molar-refractivity contribution in [2.24, 2.45) is 5.92 Å². The molecule has 0 radical (unpaired) electrons. The van der Waals surface area contributed by atoms with Gasteiger partial charge in [0.05, 0.1) is 18.3 Å². The summed E-state index contributed by atoms with van der Waals surface area (Å²) in [5, 5.41) is 3.85. The van der Waals surface area contributed by atoms with Crippen LogP contribution in [-0.4, -0.2) is 37.0 Å². The molecule has 3 heteroatoms. The largest absolute Gasteiger partial charge is 0.376 e. The van der Waals surface area contributed by atoms with Gasteiger partial charge >= 0.3 is 0 Å². The lowest BCUT2D eigenvalue weighted by Crippen LogP contribution is -2.48. The Hall–Kier alpha value is -0.120. The molecule has 1 N–H and O–H groups in total. The summed E-state index contributed by atoms with van der Waals surface area (Å²) in [4.78, 5) is 0. The molecule has 4 unspecified atom stereocenters. The van der Waals surface area contributed by atoms with Crippen molar-refractivity contribution >= 4 is 0 Å². The molecule has 3 fully saturated rings. The van der Waals surface area contributed by atoms with Crippen molar-refractivity contribution in [1.29, 1.82) is 0 Å². The quantitative estimate of drug-likeness (QED) is 0.818. The van der Waals surface area contributed by atoms with Crippen molar-refractivity contribution in [2.45, 2.75) is 76.3 Å². The molecule has 0 aromatic carbocycles. The van der Waals surface area contributed by atoms with Crippen LogP contribution in [0.15, 0.2) is 0 Å². The minimum atomic E-state index is 0.401. The topological polar surface area (TPSA) is 30.5 Å². The molecule has 0 spiro atoms. The molecule has 2 aliphatic heterocycles. The van der Waals surface area contributed by atoms with Gasteiger partial charge in [-0.05, 0) is 51.9 Å². The van der Waals surface area contributed by atoms with Gasteiger partial charge in [-0.2, -0.15) is 0 Å². The Kier molecular flexibility index (Phi) is 3.42. The van der Waals surface area contributed by atoms with Crippen molar-refractivity contribution in [1.82, 2.24) is 5.32 Å². The summed E-state index contributed by atoms with van der Waals surface area (Å²) in [5.41, 5.74) is 0. The maximum atomic E-state index is 5.89. The lowest BCUT2D eigenvalue weighted by molar-refractivity contribution is -0.0453. The first-order chi connectivity index (χ1) is 8.22. The van der Waals surface area contributed by atoms with E-state index < -0.39 is 0 Å². The van der Waals surface area contributed by atoms with E-state index in [2.05, 4.69) is 19.2 Å². The van der Waals surface area contributed by atoms with Crippen LogP contribution >= 0.6 is 0 Å². The predicted molar refractivity (Wildman–Crippen MR) is 67.0 cm³/mol. The number of hydrogen-bond donors (Lipinski definition) is 1. The molecule has 0 aromatic rings. The molecule has 1 saturated carbocycles. The summed E-state index contributed by atoms with van der Waals surface area (Å²) in [7, 11) is 0. The minimum Gasteiger partial charge on any atom is -0.376 e. The standard InChI is InChI=1S/C14H25NO2/c1-9-7-12(8-10(2)17-9)15-13-5-6-16-14(13)11-3-4-11/h9-15H,3-8H2,1-2H3. The highest BCUT2D eigenvalue weighted by molar-refractivity contribution is 4.95. The molecule has 2 heterocycles. The average molecular weight is 239 g/mol. The molecule has 0 bridgehead atoms. The number of rotatable bonds is 3. The van der Waals surface area contributed by atoms with E-state index in [1.165, 1.54) is 19.3 Å². The Balaban J connectivity index is 1.54. The third-order valence-corrected chi connectivity index (χ3v) is 4.37. The molecule has 4 atom stereocenters. The van der Waals surface area contributed by atoms with Crippen LogP contribution in [-0.2, 0) is 9.47 Å². The predicted octanol–water partition coefficient (Wildman–Crippen LogP) is 2.10. The first-order valence-corrected chi connectivity index (χ1v) is 7.25. The van der Waals surface area contributed by atoms with E-state index in [0.29, 0.717) is 30.4 Å². The molecule has 98 valence electrons. The fourth-order valence-electron chi connectivity index (χ4n) is 3.52. The molecule has 3 rings (SSSR count). The molecular formula is C14H25NO2. The number of hydrogen-bond acceptors (Lipinski definition) is 3. The lowest BCUT2D eigenvalue weighted by Gasteiger charge is -2.35. The summed E-state index contributed by atoms with van der Waals surface area (Å²) < 4.78 is 11.7. The second-order valence-corrected chi connectivity index (χ2v) is 6.16. The monoisotopic (exact) mass is 239 g/mol. The summed E-state index contributed by atoms with van der Waals surface area (Å²) in [5.74, 6) is 0.852. The third kappa shape index (κ3) is 2.83. The average Bonchev–Trinajstić information content (AvgIpc) is 2.99. The summed E-state index contributed by atoms with van der Waals surface area (Å²) in [6.45, 7) is 5.33. The first-order valence-electron chi connectivity index (χ1n) is 7.25. The molecule has 17 heavy (non-hydrogen) atoms. The number of ether oxygens (including phenoxy) is 2. The van der Waals surface area contributed by atoms with E-state index in [9.17, 15) is 0 Å². The van der Waals surface area contributed by atoms with Crippen LogP contribution in [0.4, 0.5) is 0 Å². The first kappa shape index (κ1) is 11.9. The van der Waals surface area contributed by atoms with Gasteiger partial charge in [0, 0.05) is 18.7 Å². The second kappa shape index (κ2) is 4.87. The molecular weight excluding hydrogens is 214 g/mol. The molecule has 0 amide bonds. The Morgan fingerprint density at radius 1 is 1.00 bits per heavy atom. The smallest absolute Gasteiger partial charge is 0.0757 e. The van der Waals surface area contributed by atoms with Gasteiger partial charge in [0.2, 0.25) is 0 Å². The van der Waals surface area contributed by atoms with Crippen LogP contribution in [0.3, 0.4) is 0 Å². The van der Waals surface area contributed by atoms with Crippen LogP contribution in [0.5, 0.6) is 0 Å². The van der Waals surface area contributed by atoms with Crippen LogP contribution in [0.25, 0.3) is 0 Å². The molecule has 0 aromatic heterocycles. The van der Waals surface area contributed by atoms with E-state index >= 15 is 0 Å². The summed E-state index contributed by atoms with van der Waals surface area (Å²) in [6, 6.07) is 1.23. The van der Waals surface area contributed by atoms with Gasteiger partial charge in [0.1, 0.15) is 0 Å². The van der Waals surface area contributed by atoms with Crippen LogP contribution < -0.4 is 5.32 Å². The van der Waals surface area contributed by atoms with Gasteiger partial charge < -0.3 is 14.8 Å². The maximum Gasteiger partial charge on any atom is 0.0757 e. The maximum absolute atomic E-state index is 5.89. The normalized spacial score (nSPS) is 47.3. The summed E-state index contributed by atoms with van der Waals surface area (Å²) >= 11 is 0. The van der Waals surface area contributed by atoms with Crippen LogP contribution in [0.1, 0.15) is 46.0 Å². The number of nitrogens with one attached hydrogen (secondary N) is 1. The van der Waals surface area contributed by atoms with Gasteiger partial charge in [0.25, 0.3) is 0 Å². The Labute approximate surface area is 104 Å². The minimum absolute atomic E-state index is 0.401. The van der Waals surface area contributed by atoms with E-state index in [4.69, 9.17) is 9.47 Å². The third-order valence-electron chi connectivity index (χ3n) is 4.37. The van der Waals surface area contributed by atoms with Crippen molar-refractivity contribution in [3.63, 3.8) is 0 Å². The highest BCUT2D eigenvalue weighted by Crippen LogP contribution is 2.39. The molecule has 3 aliphatic rings. The van der Waals surface area contributed by atoms with E-state index in [-0.39, 0.29) is 0 Å². The lowest BCUT2D eigenvalue weighted by atomic mass is 9.97. The van der Waals surface area contributed by atoms with Crippen molar-refractivity contribution in [3.8, 4) is 0 Å². The zero-order valence-electron chi connectivity index (χ0n) is 11.0. The van der Waals surface area contributed by atoms with E-state index in [1.807, 2.05) is 0 Å². The molecule has 3 nitrogen and oxygen atoms in total. The highest BCUT2D eigenvalue weighted by Gasteiger charge is 2.41. The van der Waals surface area contributed by atoms with Gasteiger partial charge in [-0.1, -0.05) is 0 Å². The second-order valence-electron chi connectivity index (χ2n) is 6.16. The van der Waals surface area contributed by atoms with Gasteiger partial charge in [-0.25, -0.2) is 0 Å². The van der Waals surface area contributed by atoms with Gasteiger partial charge in [0.15, 0.2) is 0 Å². The Morgan fingerprint density at radius 3 is 2.35 bits per heavy atom. The Morgan fingerprint density at radius 2 is 1.71 bits per heavy atom. The van der Waals surface area contributed by atoms with Crippen molar-refractivity contribution < 1.29 is 9.47 Å². The van der Waals surface area contributed by atoms with Crippen molar-refractivity contribution in [3.05, 3.63) is 0 Å². The van der Waals surface area contributed by atoms with Crippen molar-refractivity contribution in [2.75, 3.05) is 6.61 Å².